The van der Waals surface area contributed by atoms with Gasteiger partial charge < -0.3 is 24.2 Å². The number of halogens is 2. The number of hydrogen-bond donors (Lipinski definition) is 2. The van der Waals surface area contributed by atoms with Crippen LogP contribution in [-0.4, -0.2) is 56.9 Å². The van der Waals surface area contributed by atoms with Gasteiger partial charge in [0.15, 0.2) is 11.5 Å². The van der Waals surface area contributed by atoms with Crippen molar-refractivity contribution in [3.63, 3.8) is 0 Å². The number of anilines is 1. The highest BCUT2D eigenvalue weighted by Gasteiger charge is 2.27. The van der Waals surface area contributed by atoms with E-state index in [9.17, 15) is 8.78 Å². The topological polar surface area (TPSA) is 89.4 Å². The Kier molecular flexibility index (Phi) is 4.27. The Morgan fingerprint density at radius 3 is 3.10 bits per heavy atom. The Morgan fingerprint density at radius 1 is 1.38 bits per heavy atom. The third-order valence-corrected chi connectivity index (χ3v) is 5.05. The van der Waals surface area contributed by atoms with E-state index in [1.54, 1.807) is 23.0 Å². The number of aromatic amines is 1. The molecule has 4 aromatic rings. The SMILES string of the molecule is COc1nc(N[C@H]2CCOC[C@@H]2F)nc2[nH]cc(-c3cc(F)c4nccn4c3)c12. The largest absolute Gasteiger partial charge is 0.480 e. The number of nitrogens with zero attached hydrogens (tertiary/aromatic N) is 4. The molecule has 2 atom stereocenters. The predicted octanol–water partition coefficient (Wildman–Crippen LogP) is 2.96. The van der Waals surface area contributed by atoms with Gasteiger partial charge in [0.05, 0.1) is 25.1 Å². The monoisotopic (exact) mass is 400 g/mol. The molecule has 0 aliphatic carbocycles. The van der Waals surface area contributed by atoms with Crippen LogP contribution in [-0.2, 0) is 4.74 Å². The van der Waals surface area contributed by atoms with Crippen molar-refractivity contribution in [1.82, 2.24) is 24.3 Å². The van der Waals surface area contributed by atoms with Crippen molar-refractivity contribution >= 4 is 22.6 Å². The minimum Gasteiger partial charge on any atom is -0.480 e. The lowest BCUT2D eigenvalue weighted by Crippen LogP contribution is -2.39. The molecule has 0 saturated carbocycles. The molecule has 1 saturated heterocycles. The van der Waals surface area contributed by atoms with E-state index in [0.717, 1.165) is 0 Å². The Hall–Kier alpha value is -3.27. The number of alkyl halides is 1. The molecule has 1 fully saturated rings. The van der Waals surface area contributed by atoms with Crippen LogP contribution in [0.5, 0.6) is 5.88 Å². The number of imidazole rings is 1. The van der Waals surface area contributed by atoms with Crippen LogP contribution in [0, 0.1) is 5.82 Å². The van der Waals surface area contributed by atoms with Gasteiger partial charge in [-0.2, -0.15) is 9.97 Å². The fourth-order valence-corrected chi connectivity index (χ4v) is 3.61. The fourth-order valence-electron chi connectivity index (χ4n) is 3.61. The van der Waals surface area contributed by atoms with Crippen LogP contribution < -0.4 is 10.1 Å². The molecule has 29 heavy (non-hydrogen) atoms. The normalized spacial score (nSPS) is 19.7. The van der Waals surface area contributed by atoms with Gasteiger partial charge in [-0.3, -0.25) is 0 Å². The lowest BCUT2D eigenvalue weighted by Gasteiger charge is -2.26. The van der Waals surface area contributed by atoms with Gasteiger partial charge in [0.25, 0.3) is 0 Å². The van der Waals surface area contributed by atoms with Crippen LogP contribution in [0.3, 0.4) is 0 Å². The number of H-pyrrole nitrogens is 1. The number of rotatable bonds is 4. The second-order valence-corrected chi connectivity index (χ2v) is 6.85. The molecule has 10 heteroatoms. The summed E-state index contributed by atoms with van der Waals surface area (Å²) in [5.41, 5.74) is 2.06. The van der Waals surface area contributed by atoms with E-state index >= 15 is 0 Å². The van der Waals surface area contributed by atoms with Crippen molar-refractivity contribution in [1.29, 1.82) is 0 Å². The summed E-state index contributed by atoms with van der Waals surface area (Å²) < 4.78 is 40.7. The summed E-state index contributed by atoms with van der Waals surface area (Å²) in [6.07, 6.45) is 6.08. The van der Waals surface area contributed by atoms with Crippen LogP contribution in [0.1, 0.15) is 6.42 Å². The first-order chi connectivity index (χ1) is 14.1. The third-order valence-electron chi connectivity index (χ3n) is 5.05. The summed E-state index contributed by atoms with van der Waals surface area (Å²) in [5, 5.41) is 3.64. The lowest BCUT2D eigenvalue weighted by molar-refractivity contribution is 0.0284. The minimum atomic E-state index is -1.14. The summed E-state index contributed by atoms with van der Waals surface area (Å²) in [6, 6.07) is 0.977. The molecule has 0 radical (unpaired) electrons. The highest BCUT2D eigenvalue weighted by Crippen LogP contribution is 2.35. The lowest BCUT2D eigenvalue weighted by atomic mass is 10.1. The Labute approximate surface area is 163 Å². The van der Waals surface area contributed by atoms with E-state index in [4.69, 9.17) is 9.47 Å². The summed E-state index contributed by atoms with van der Waals surface area (Å²) in [6.45, 7) is 0.526. The smallest absolute Gasteiger partial charge is 0.228 e. The Morgan fingerprint density at radius 2 is 2.28 bits per heavy atom. The van der Waals surface area contributed by atoms with Crippen LogP contribution in [0.15, 0.2) is 30.9 Å². The predicted molar refractivity (Wildman–Crippen MR) is 102 cm³/mol. The highest BCUT2D eigenvalue weighted by atomic mass is 19.1. The maximum absolute atomic E-state index is 14.4. The molecular formula is C19H18F2N6O2. The van der Waals surface area contributed by atoms with Crippen molar-refractivity contribution in [2.45, 2.75) is 18.6 Å². The first kappa shape index (κ1) is 17.8. The van der Waals surface area contributed by atoms with Crippen molar-refractivity contribution in [2.75, 3.05) is 25.6 Å². The second-order valence-electron chi connectivity index (χ2n) is 6.85. The Bertz CT molecular complexity index is 1190. The number of fused-ring (bicyclic) bond motifs is 2. The van der Waals surface area contributed by atoms with Crippen LogP contribution in [0.2, 0.25) is 0 Å². The van der Waals surface area contributed by atoms with Gasteiger partial charge >= 0.3 is 0 Å². The summed E-state index contributed by atoms with van der Waals surface area (Å²) in [4.78, 5) is 15.9. The Balaban J connectivity index is 1.57. The van der Waals surface area contributed by atoms with Gasteiger partial charge in [-0.05, 0) is 12.5 Å². The van der Waals surface area contributed by atoms with E-state index < -0.39 is 18.0 Å². The molecule has 0 spiro atoms. The number of hydrogen-bond acceptors (Lipinski definition) is 6. The number of nitrogens with one attached hydrogen (secondary N) is 2. The summed E-state index contributed by atoms with van der Waals surface area (Å²) >= 11 is 0. The van der Waals surface area contributed by atoms with E-state index in [1.165, 1.54) is 19.4 Å². The average Bonchev–Trinajstić information content (AvgIpc) is 3.36. The van der Waals surface area contributed by atoms with Crippen molar-refractivity contribution in [3.8, 4) is 17.0 Å². The zero-order chi connectivity index (χ0) is 20.0. The first-order valence-corrected chi connectivity index (χ1v) is 9.18. The van der Waals surface area contributed by atoms with E-state index in [0.29, 0.717) is 41.1 Å². The highest BCUT2D eigenvalue weighted by molar-refractivity contribution is 5.97. The van der Waals surface area contributed by atoms with Gasteiger partial charge in [0, 0.05) is 42.5 Å². The first-order valence-electron chi connectivity index (χ1n) is 9.18. The molecule has 1 aliphatic heterocycles. The van der Waals surface area contributed by atoms with Gasteiger partial charge in [0.2, 0.25) is 11.8 Å². The third kappa shape index (κ3) is 3.05. The van der Waals surface area contributed by atoms with Gasteiger partial charge in [0.1, 0.15) is 11.8 Å². The standard InChI is InChI=1S/C19H18F2N6O2/c1-28-18-15-11(10-6-12(20)17-22-3-4-27(17)8-10)7-23-16(15)25-19(26-18)24-14-2-5-29-9-13(14)21/h3-4,6-8,13-14H,2,5,9H2,1H3,(H2,23,24,25,26)/t13-,14-/m0/s1. The van der Waals surface area contributed by atoms with Crippen LogP contribution >= 0.6 is 0 Å². The molecule has 0 bridgehead atoms. The molecule has 2 N–H and O–H groups in total. The molecule has 5 rings (SSSR count). The minimum absolute atomic E-state index is 0.0476. The van der Waals surface area contributed by atoms with Crippen LogP contribution in [0.4, 0.5) is 14.7 Å². The molecule has 5 heterocycles. The second kappa shape index (κ2) is 6.96. The van der Waals surface area contributed by atoms with Crippen molar-refractivity contribution in [3.05, 3.63) is 36.7 Å². The molecule has 0 aromatic carbocycles. The maximum atomic E-state index is 14.4. The number of ether oxygens (including phenoxy) is 2. The molecule has 0 unspecified atom stereocenters. The summed E-state index contributed by atoms with van der Waals surface area (Å²) in [7, 11) is 1.49. The van der Waals surface area contributed by atoms with E-state index in [-0.39, 0.29) is 18.2 Å². The number of methoxy groups -OCH3 is 1. The zero-order valence-electron chi connectivity index (χ0n) is 15.5. The average molecular weight is 400 g/mol. The van der Waals surface area contributed by atoms with E-state index in [1.807, 2.05) is 0 Å². The number of pyridine rings is 1. The molecule has 8 nitrogen and oxygen atoms in total. The fraction of sp³-hybridized carbons (Fsp3) is 0.316. The number of aromatic nitrogens is 5. The quantitative estimate of drug-likeness (QED) is 0.548. The van der Waals surface area contributed by atoms with Crippen molar-refractivity contribution < 1.29 is 18.3 Å². The van der Waals surface area contributed by atoms with E-state index in [2.05, 4.69) is 25.3 Å². The van der Waals surface area contributed by atoms with Gasteiger partial charge in [-0.1, -0.05) is 0 Å². The molecule has 0 amide bonds. The van der Waals surface area contributed by atoms with Crippen LogP contribution in [0.25, 0.3) is 27.8 Å². The molecular weight excluding hydrogens is 382 g/mol. The summed E-state index contributed by atoms with van der Waals surface area (Å²) in [5.74, 6) is 0.129. The maximum Gasteiger partial charge on any atom is 0.228 e. The van der Waals surface area contributed by atoms with Crippen molar-refractivity contribution in [2.24, 2.45) is 0 Å². The van der Waals surface area contributed by atoms with Gasteiger partial charge in [-0.15, -0.1) is 0 Å². The molecule has 150 valence electrons. The molecule has 4 aromatic heterocycles. The van der Waals surface area contributed by atoms with Gasteiger partial charge in [-0.25, -0.2) is 13.8 Å². The zero-order valence-corrected chi connectivity index (χ0v) is 15.5. The molecule has 1 aliphatic rings.